The van der Waals surface area contributed by atoms with Crippen LogP contribution in [0.3, 0.4) is 0 Å². The number of fused-ring (bicyclic) bond motifs is 1. The Hall–Kier alpha value is -3.73. The minimum absolute atomic E-state index is 0.0798. The fourth-order valence-electron chi connectivity index (χ4n) is 6.32. The Morgan fingerprint density at radius 2 is 2.00 bits per heavy atom. The Morgan fingerprint density at radius 1 is 1.17 bits per heavy atom. The Kier molecular flexibility index (Phi) is 7.79. The molecule has 0 saturated carbocycles. The zero-order chi connectivity index (χ0) is 28.5. The van der Waals surface area contributed by atoms with Crippen LogP contribution in [0.4, 0.5) is 5.69 Å². The van der Waals surface area contributed by atoms with Crippen LogP contribution in [-0.2, 0) is 17.7 Å². The molecule has 2 saturated heterocycles. The van der Waals surface area contributed by atoms with E-state index in [1.807, 2.05) is 54.4 Å². The van der Waals surface area contributed by atoms with Crippen molar-refractivity contribution in [3.63, 3.8) is 0 Å². The summed E-state index contributed by atoms with van der Waals surface area (Å²) in [4.78, 5) is 26.7. The topological polar surface area (TPSA) is 114 Å². The first-order valence-corrected chi connectivity index (χ1v) is 14.5. The van der Waals surface area contributed by atoms with Gasteiger partial charge in [0.1, 0.15) is 11.3 Å². The number of ether oxygens (including phenoxy) is 1. The van der Waals surface area contributed by atoms with E-state index in [2.05, 4.69) is 32.8 Å². The van der Waals surface area contributed by atoms with Gasteiger partial charge in [-0.1, -0.05) is 24.3 Å². The van der Waals surface area contributed by atoms with Crippen LogP contribution in [0.5, 0.6) is 0 Å². The van der Waals surface area contributed by atoms with Crippen molar-refractivity contribution in [1.29, 1.82) is 0 Å². The number of hydrogen-bond donors (Lipinski definition) is 2. The molecule has 0 spiro atoms. The minimum Gasteiger partial charge on any atom is -0.391 e. The van der Waals surface area contributed by atoms with E-state index in [4.69, 9.17) is 15.5 Å². The van der Waals surface area contributed by atoms with E-state index in [0.29, 0.717) is 30.5 Å². The number of aliphatic hydroxyl groups excluding tert-OH is 1. The highest BCUT2D eigenvalue weighted by atomic mass is 16.5. The van der Waals surface area contributed by atoms with Gasteiger partial charge < -0.3 is 34.3 Å². The quantitative estimate of drug-likeness (QED) is 0.342. The van der Waals surface area contributed by atoms with Crippen LogP contribution in [0, 0.1) is 5.92 Å². The first kappa shape index (κ1) is 27.4. The number of amides is 1. The summed E-state index contributed by atoms with van der Waals surface area (Å²) in [5, 5.41) is 11.0. The van der Waals surface area contributed by atoms with E-state index in [1.165, 1.54) is 5.56 Å². The normalized spacial score (nSPS) is 22.0. The number of nitrogens with zero attached hydrogens (tertiary/aromatic N) is 6. The van der Waals surface area contributed by atoms with Gasteiger partial charge in [-0.25, -0.2) is 9.97 Å². The number of likely N-dealkylation sites (tertiary alicyclic amines) is 1. The number of aromatic nitrogens is 4. The lowest BCUT2D eigenvalue weighted by Crippen LogP contribution is -2.47. The molecular formula is C31H39N7O3. The summed E-state index contributed by atoms with van der Waals surface area (Å²) in [6.45, 7) is 5.15. The molecule has 216 valence electrons. The molecule has 10 nitrogen and oxygen atoms in total. The van der Waals surface area contributed by atoms with E-state index in [9.17, 15) is 9.90 Å². The summed E-state index contributed by atoms with van der Waals surface area (Å²) in [5.74, 6) is -0.0800. The second-order valence-corrected chi connectivity index (χ2v) is 11.3. The molecule has 2 unspecified atom stereocenters. The summed E-state index contributed by atoms with van der Waals surface area (Å²) in [6.07, 6.45) is 11.3. The van der Waals surface area contributed by atoms with Gasteiger partial charge in [0.2, 0.25) is 0 Å². The Labute approximate surface area is 240 Å². The number of benzene rings is 1. The van der Waals surface area contributed by atoms with Crippen molar-refractivity contribution in [3.05, 3.63) is 83.8 Å². The minimum atomic E-state index is -0.607. The maximum absolute atomic E-state index is 13.6. The molecule has 1 amide bonds. The van der Waals surface area contributed by atoms with E-state index in [-0.39, 0.29) is 24.5 Å². The van der Waals surface area contributed by atoms with Crippen molar-refractivity contribution in [2.24, 2.45) is 11.7 Å². The number of β-amino-alcohol motifs (C(OH)–C–C–N with tert-alkyl or cyclic N) is 1. The fraction of sp³-hybridized carbons (Fsp3) is 0.452. The standard InChI is InChI=1S/C31H39N7O3/c1-21(41-2)27-14-26(35-11-8-25(16-35)37-12-9-33-20-37)17-38-18-28(34-30(27)38)31(40)36-10-7-23(29(39)19-36)13-22-5-3-4-6-24(22)15-32/h3-6,9,12,14,17-18,20-21,23,25,29,39H,7-8,10-11,13,15-16,19,32H2,1-2H3/t21-,23?,25?,29-/m1/s1. The molecule has 10 heteroatoms. The maximum Gasteiger partial charge on any atom is 0.274 e. The van der Waals surface area contributed by atoms with Gasteiger partial charge in [-0.3, -0.25) is 4.79 Å². The second-order valence-electron chi connectivity index (χ2n) is 11.3. The van der Waals surface area contributed by atoms with E-state index in [1.54, 1.807) is 12.0 Å². The number of rotatable bonds is 8. The molecule has 5 heterocycles. The van der Waals surface area contributed by atoms with Crippen molar-refractivity contribution in [2.45, 2.75) is 51.0 Å². The van der Waals surface area contributed by atoms with Crippen LogP contribution in [0.25, 0.3) is 5.65 Å². The fourth-order valence-corrected chi connectivity index (χ4v) is 6.32. The van der Waals surface area contributed by atoms with Gasteiger partial charge in [0.25, 0.3) is 5.91 Å². The van der Waals surface area contributed by atoms with Gasteiger partial charge in [-0.2, -0.15) is 0 Å². The van der Waals surface area contributed by atoms with Gasteiger partial charge in [0.15, 0.2) is 0 Å². The molecule has 0 aliphatic carbocycles. The van der Waals surface area contributed by atoms with Crippen molar-refractivity contribution >= 4 is 17.2 Å². The van der Waals surface area contributed by atoms with Crippen molar-refractivity contribution in [3.8, 4) is 0 Å². The number of imidazole rings is 2. The van der Waals surface area contributed by atoms with Crippen LogP contribution in [0.1, 0.15) is 59.1 Å². The van der Waals surface area contributed by atoms with Crippen LogP contribution >= 0.6 is 0 Å². The molecular weight excluding hydrogens is 518 g/mol. The number of carbonyl (C=O) groups excluding carboxylic acids is 1. The first-order valence-electron chi connectivity index (χ1n) is 14.5. The average Bonchev–Trinajstić information content (AvgIpc) is 3.78. The van der Waals surface area contributed by atoms with Crippen LogP contribution in [0.2, 0.25) is 0 Å². The SMILES string of the molecule is CO[C@H](C)c1cc(N2CCC(n3ccnc3)C2)cn2cc(C(=O)N3CCC(Cc4ccccc4CN)[C@H](O)C3)nc12. The monoisotopic (exact) mass is 557 g/mol. The number of aliphatic hydroxyl groups is 1. The molecule has 2 aliphatic rings. The Balaban J connectivity index is 1.20. The molecule has 2 aliphatic heterocycles. The molecule has 41 heavy (non-hydrogen) atoms. The number of nitrogens with two attached hydrogens (primary N) is 1. The Bertz CT molecular complexity index is 1500. The van der Waals surface area contributed by atoms with Gasteiger partial charge in [0.05, 0.1) is 30.3 Å². The van der Waals surface area contributed by atoms with Gasteiger partial charge >= 0.3 is 0 Å². The molecule has 4 aromatic rings. The average molecular weight is 558 g/mol. The lowest BCUT2D eigenvalue weighted by molar-refractivity contribution is 0.0194. The summed E-state index contributed by atoms with van der Waals surface area (Å²) in [6, 6.07) is 10.6. The van der Waals surface area contributed by atoms with Crippen LogP contribution in [0.15, 0.2) is 61.4 Å². The zero-order valence-corrected chi connectivity index (χ0v) is 23.8. The van der Waals surface area contributed by atoms with Crippen molar-refractivity contribution in [1.82, 2.24) is 23.8 Å². The third kappa shape index (κ3) is 5.47. The van der Waals surface area contributed by atoms with Crippen molar-refractivity contribution in [2.75, 3.05) is 38.2 Å². The van der Waals surface area contributed by atoms with E-state index >= 15 is 0 Å². The van der Waals surface area contributed by atoms with Gasteiger partial charge in [-0.15, -0.1) is 0 Å². The third-order valence-corrected chi connectivity index (χ3v) is 8.88. The highest BCUT2D eigenvalue weighted by Crippen LogP contribution is 2.32. The second kappa shape index (κ2) is 11.6. The number of methoxy groups -OCH3 is 1. The number of pyridine rings is 1. The van der Waals surface area contributed by atoms with Crippen molar-refractivity contribution < 1.29 is 14.6 Å². The number of carbonyl (C=O) groups is 1. The summed E-state index contributed by atoms with van der Waals surface area (Å²) >= 11 is 0. The zero-order valence-electron chi connectivity index (χ0n) is 23.8. The highest BCUT2D eigenvalue weighted by molar-refractivity contribution is 5.93. The summed E-state index contributed by atoms with van der Waals surface area (Å²) in [5.41, 5.74) is 11.3. The lowest BCUT2D eigenvalue weighted by Gasteiger charge is -2.36. The number of anilines is 1. The molecule has 2 fully saturated rings. The predicted octanol–water partition coefficient (Wildman–Crippen LogP) is 3.21. The predicted molar refractivity (Wildman–Crippen MR) is 157 cm³/mol. The lowest BCUT2D eigenvalue weighted by atomic mass is 9.86. The largest absolute Gasteiger partial charge is 0.391 e. The van der Waals surface area contributed by atoms with E-state index in [0.717, 1.165) is 49.2 Å². The smallest absolute Gasteiger partial charge is 0.274 e. The van der Waals surface area contributed by atoms with Gasteiger partial charge in [-0.05, 0) is 49.3 Å². The molecule has 3 N–H and O–H groups in total. The number of hydrogen-bond acceptors (Lipinski definition) is 7. The molecule has 1 aromatic carbocycles. The third-order valence-electron chi connectivity index (χ3n) is 8.88. The molecule has 6 rings (SSSR count). The first-order chi connectivity index (χ1) is 19.9. The molecule has 0 radical (unpaired) electrons. The molecule has 3 aromatic heterocycles. The maximum atomic E-state index is 13.6. The Morgan fingerprint density at radius 3 is 2.73 bits per heavy atom. The summed E-state index contributed by atoms with van der Waals surface area (Å²) in [7, 11) is 1.69. The molecule has 0 bridgehead atoms. The highest BCUT2D eigenvalue weighted by Gasteiger charge is 2.32. The number of piperidine rings is 1. The van der Waals surface area contributed by atoms with E-state index < -0.39 is 6.10 Å². The molecule has 4 atom stereocenters. The van der Waals surface area contributed by atoms with Gasteiger partial charge in [0, 0.05) is 70.2 Å². The summed E-state index contributed by atoms with van der Waals surface area (Å²) < 4.78 is 9.81. The van der Waals surface area contributed by atoms with Crippen LogP contribution in [-0.4, -0.2) is 74.2 Å². The van der Waals surface area contributed by atoms with Crippen LogP contribution < -0.4 is 10.6 Å².